The van der Waals surface area contributed by atoms with Crippen LogP contribution in [-0.4, -0.2) is 48.2 Å². The largest absolute Gasteiger partial charge is 0.480 e. The third-order valence-corrected chi connectivity index (χ3v) is 3.72. The monoisotopic (exact) mass is 379 g/mol. The zero-order valence-electron chi connectivity index (χ0n) is 15.9. The van der Waals surface area contributed by atoms with Crippen LogP contribution < -0.4 is 5.32 Å². The summed E-state index contributed by atoms with van der Waals surface area (Å²) in [4.78, 5) is 48.2. The van der Waals surface area contributed by atoms with E-state index < -0.39 is 42.2 Å². The van der Waals surface area contributed by atoms with Crippen LogP contribution in [0.5, 0.6) is 0 Å². The quantitative estimate of drug-likeness (QED) is 0.626. The topological polar surface area (TPSA) is 119 Å². The van der Waals surface area contributed by atoms with Gasteiger partial charge in [0.2, 0.25) is 0 Å². The zero-order valence-corrected chi connectivity index (χ0v) is 15.9. The summed E-state index contributed by atoms with van der Waals surface area (Å²) in [5.41, 5.74) is 1.93. The van der Waals surface area contributed by atoms with Gasteiger partial charge in [0, 0.05) is 5.56 Å². The van der Waals surface area contributed by atoms with Crippen molar-refractivity contribution >= 4 is 23.8 Å². The van der Waals surface area contributed by atoms with Crippen molar-refractivity contribution in [3.63, 3.8) is 0 Å². The van der Waals surface area contributed by atoms with Crippen LogP contribution >= 0.6 is 0 Å². The summed E-state index contributed by atoms with van der Waals surface area (Å²) in [5.74, 6) is -5.15. The first-order chi connectivity index (χ1) is 12.7. The first kappa shape index (κ1) is 22.1. The van der Waals surface area contributed by atoms with Crippen LogP contribution in [0, 0.1) is 19.8 Å². The average Bonchev–Trinajstić information content (AvgIpc) is 2.57. The molecule has 8 nitrogen and oxygen atoms in total. The van der Waals surface area contributed by atoms with E-state index in [0.717, 1.165) is 11.1 Å². The number of nitrogens with one attached hydrogen (secondary N) is 1. The lowest BCUT2D eigenvalue weighted by Crippen LogP contribution is -2.49. The summed E-state index contributed by atoms with van der Waals surface area (Å²) < 4.78 is 9.68. The molecule has 0 aromatic heterocycles. The number of carboxylic acid groups (broad SMARTS) is 1. The van der Waals surface area contributed by atoms with Crippen molar-refractivity contribution in [3.05, 3.63) is 34.9 Å². The van der Waals surface area contributed by atoms with Crippen molar-refractivity contribution < 1.29 is 33.8 Å². The van der Waals surface area contributed by atoms with Crippen molar-refractivity contribution in [2.75, 3.05) is 13.2 Å². The molecule has 1 amide bonds. The average molecular weight is 379 g/mol. The van der Waals surface area contributed by atoms with E-state index >= 15 is 0 Å². The van der Waals surface area contributed by atoms with Gasteiger partial charge in [0.1, 0.15) is 6.04 Å². The van der Waals surface area contributed by atoms with Gasteiger partial charge in [-0.05, 0) is 39.8 Å². The van der Waals surface area contributed by atoms with E-state index in [2.05, 4.69) is 5.32 Å². The van der Waals surface area contributed by atoms with E-state index in [1.165, 1.54) is 0 Å². The second-order valence-corrected chi connectivity index (χ2v) is 6.03. The van der Waals surface area contributed by atoms with Gasteiger partial charge in [-0.3, -0.25) is 14.4 Å². The van der Waals surface area contributed by atoms with Gasteiger partial charge < -0.3 is 19.9 Å². The maximum Gasteiger partial charge on any atom is 0.327 e. The van der Waals surface area contributed by atoms with Gasteiger partial charge in [-0.15, -0.1) is 0 Å². The number of carbonyl (C=O) groups excluding carboxylic acids is 3. The molecule has 1 aromatic carbocycles. The van der Waals surface area contributed by atoms with Crippen molar-refractivity contribution in [1.29, 1.82) is 0 Å². The molecule has 0 unspecified atom stereocenters. The summed E-state index contributed by atoms with van der Waals surface area (Å²) in [6.45, 7) is 6.86. The number of aryl methyl sites for hydroxylation is 2. The lowest BCUT2D eigenvalue weighted by molar-refractivity contribution is -0.159. The SMILES string of the molecule is CCOC(=O)C[C@@H](C(=O)OCC)[C@@H](NC(=O)c1cc(C)cc(C)c1)C(=O)O. The van der Waals surface area contributed by atoms with E-state index in [-0.39, 0.29) is 18.8 Å². The number of hydrogen-bond acceptors (Lipinski definition) is 6. The van der Waals surface area contributed by atoms with Gasteiger partial charge in [0.25, 0.3) is 5.91 Å². The Kier molecular flexibility index (Phi) is 8.44. The van der Waals surface area contributed by atoms with E-state index in [4.69, 9.17) is 9.47 Å². The Hall–Kier alpha value is -2.90. The summed E-state index contributed by atoms with van der Waals surface area (Å²) in [6, 6.07) is 3.44. The van der Waals surface area contributed by atoms with E-state index in [9.17, 15) is 24.3 Å². The number of carbonyl (C=O) groups is 4. The van der Waals surface area contributed by atoms with Gasteiger partial charge in [-0.25, -0.2) is 4.79 Å². The van der Waals surface area contributed by atoms with Crippen LogP contribution in [0.1, 0.15) is 41.8 Å². The second kappa shape index (κ2) is 10.3. The summed E-state index contributed by atoms with van der Waals surface area (Å²) in [7, 11) is 0. The molecule has 0 aliphatic heterocycles. The second-order valence-electron chi connectivity index (χ2n) is 6.03. The number of hydrogen-bond donors (Lipinski definition) is 2. The third-order valence-electron chi connectivity index (χ3n) is 3.72. The molecule has 0 saturated heterocycles. The predicted molar refractivity (Wildman–Crippen MR) is 96.2 cm³/mol. The normalized spacial score (nSPS) is 12.6. The Morgan fingerprint density at radius 3 is 2.04 bits per heavy atom. The Bertz CT molecular complexity index is 694. The van der Waals surface area contributed by atoms with E-state index in [1.54, 1.807) is 39.8 Å². The molecule has 2 N–H and O–H groups in total. The number of amides is 1. The minimum atomic E-state index is -1.64. The van der Waals surface area contributed by atoms with Crippen LogP contribution in [0.25, 0.3) is 0 Å². The van der Waals surface area contributed by atoms with Crippen molar-refractivity contribution in [3.8, 4) is 0 Å². The Labute approximate surface area is 157 Å². The number of aliphatic carboxylic acids is 1. The molecule has 27 heavy (non-hydrogen) atoms. The molecule has 0 aliphatic carbocycles. The van der Waals surface area contributed by atoms with Crippen LogP contribution in [-0.2, 0) is 23.9 Å². The zero-order chi connectivity index (χ0) is 20.6. The number of ether oxygens (including phenoxy) is 2. The van der Waals surface area contributed by atoms with Gasteiger partial charge in [0.05, 0.1) is 25.6 Å². The standard InChI is InChI=1S/C19H25NO7/c1-5-26-15(21)10-14(19(25)27-6-2)16(18(23)24)20-17(22)13-8-11(3)7-12(4)9-13/h7-9,14,16H,5-6,10H2,1-4H3,(H,20,22)(H,23,24)/t14-,16-/m1/s1. The lowest BCUT2D eigenvalue weighted by atomic mass is 9.95. The Balaban J connectivity index is 3.11. The molecule has 0 saturated carbocycles. The maximum atomic E-state index is 12.5. The number of carboxylic acids is 1. The molecule has 1 rings (SSSR count). The minimum absolute atomic E-state index is 0.00944. The molecule has 148 valence electrons. The molecule has 8 heteroatoms. The maximum absolute atomic E-state index is 12.5. The van der Waals surface area contributed by atoms with Crippen LogP contribution in [0.15, 0.2) is 18.2 Å². The van der Waals surface area contributed by atoms with Crippen LogP contribution in [0.4, 0.5) is 0 Å². The van der Waals surface area contributed by atoms with E-state index in [1.807, 2.05) is 6.07 Å². The number of esters is 2. The van der Waals surface area contributed by atoms with Gasteiger partial charge >= 0.3 is 17.9 Å². The van der Waals surface area contributed by atoms with Crippen molar-refractivity contribution in [1.82, 2.24) is 5.32 Å². The van der Waals surface area contributed by atoms with E-state index in [0.29, 0.717) is 0 Å². The number of benzene rings is 1. The highest BCUT2D eigenvalue weighted by molar-refractivity contribution is 5.98. The van der Waals surface area contributed by atoms with Crippen LogP contribution in [0.3, 0.4) is 0 Å². The highest BCUT2D eigenvalue weighted by Crippen LogP contribution is 2.16. The molecule has 0 spiro atoms. The van der Waals surface area contributed by atoms with Gasteiger partial charge in [-0.2, -0.15) is 0 Å². The molecule has 0 aliphatic rings. The molecule has 0 fully saturated rings. The molecule has 1 aromatic rings. The van der Waals surface area contributed by atoms with Crippen LogP contribution in [0.2, 0.25) is 0 Å². The first-order valence-corrected chi connectivity index (χ1v) is 8.63. The van der Waals surface area contributed by atoms with Crippen molar-refractivity contribution in [2.45, 2.75) is 40.2 Å². The predicted octanol–water partition coefficient (Wildman–Crippen LogP) is 1.62. The number of rotatable bonds is 9. The Morgan fingerprint density at radius 1 is 1.00 bits per heavy atom. The molecular weight excluding hydrogens is 354 g/mol. The van der Waals surface area contributed by atoms with Gasteiger partial charge in [0.15, 0.2) is 0 Å². The van der Waals surface area contributed by atoms with Crippen molar-refractivity contribution in [2.24, 2.45) is 5.92 Å². The fourth-order valence-electron chi connectivity index (χ4n) is 2.65. The fraction of sp³-hybridized carbons (Fsp3) is 0.474. The Morgan fingerprint density at radius 2 is 1.56 bits per heavy atom. The summed E-state index contributed by atoms with van der Waals surface area (Å²) in [6.07, 6.45) is -0.517. The molecule has 0 bridgehead atoms. The molecule has 0 heterocycles. The lowest BCUT2D eigenvalue weighted by Gasteiger charge is -2.23. The summed E-state index contributed by atoms with van der Waals surface area (Å²) in [5, 5.41) is 11.9. The third kappa shape index (κ3) is 6.73. The highest BCUT2D eigenvalue weighted by Gasteiger charge is 2.38. The molecular formula is C19H25NO7. The minimum Gasteiger partial charge on any atom is -0.480 e. The highest BCUT2D eigenvalue weighted by atomic mass is 16.5. The summed E-state index contributed by atoms with van der Waals surface area (Å²) >= 11 is 0. The van der Waals surface area contributed by atoms with Gasteiger partial charge in [-0.1, -0.05) is 17.2 Å². The molecule has 2 atom stereocenters. The molecule has 0 radical (unpaired) electrons. The smallest absolute Gasteiger partial charge is 0.327 e. The fourth-order valence-corrected chi connectivity index (χ4v) is 2.65. The first-order valence-electron chi connectivity index (χ1n) is 8.63.